The van der Waals surface area contributed by atoms with Crippen molar-refractivity contribution in [3.05, 3.63) is 100 Å². The largest absolute Gasteiger partial charge is 0.465 e. The maximum absolute atomic E-state index is 14.8. The molecule has 5 heteroatoms. The molecular formula is C24H22FNO3. The highest BCUT2D eigenvalue weighted by Crippen LogP contribution is 2.24. The normalized spacial score (nSPS) is 10.4. The lowest BCUT2D eigenvalue weighted by molar-refractivity contribution is 0.0599. The molecule has 0 aliphatic carbocycles. The van der Waals surface area contributed by atoms with Gasteiger partial charge in [0.25, 0.3) is 5.91 Å². The third-order valence-electron chi connectivity index (χ3n) is 4.72. The minimum atomic E-state index is -0.621. The lowest BCUT2D eigenvalue weighted by Crippen LogP contribution is -2.15. The third kappa shape index (κ3) is 4.69. The molecule has 4 nitrogen and oxygen atoms in total. The van der Waals surface area contributed by atoms with Crippen molar-refractivity contribution in [1.82, 2.24) is 0 Å². The second kappa shape index (κ2) is 9.15. The van der Waals surface area contributed by atoms with Gasteiger partial charge in [-0.05, 0) is 48.2 Å². The van der Waals surface area contributed by atoms with Gasteiger partial charge >= 0.3 is 5.97 Å². The number of ether oxygens (including phenoxy) is 1. The second-order valence-electron chi connectivity index (χ2n) is 6.61. The molecule has 148 valence electrons. The molecule has 3 aromatic rings. The molecule has 29 heavy (non-hydrogen) atoms. The summed E-state index contributed by atoms with van der Waals surface area (Å²) in [6.45, 7) is 1.74. The Hall–Kier alpha value is -3.47. The van der Waals surface area contributed by atoms with Crippen molar-refractivity contribution >= 4 is 17.6 Å². The number of hydrogen-bond acceptors (Lipinski definition) is 3. The van der Waals surface area contributed by atoms with E-state index >= 15 is 0 Å². The molecule has 3 aromatic carbocycles. The zero-order valence-corrected chi connectivity index (χ0v) is 16.4. The number of methoxy groups -OCH3 is 1. The lowest BCUT2D eigenvalue weighted by atomic mass is 10.0. The van der Waals surface area contributed by atoms with Crippen LogP contribution < -0.4 is 5.32 Å². The fourth-order valence-electron chi connectivity index (χ4n) is 3.16. The van der Waals surface area contributed by atoms with E-state index in [0.717, 1.165) is 12.0 Å². The van der Waals surface area contributed by atoms with Crippen LogP contribution in [0.25, 0.3) is 0 Å². The maximum atomic E-state index is 14.8. The standard InChI is InChI=1S/C24H22FNO3/c1-3-19-20(24(28)29-2)13-14-21(22(19)25)26-23(27)18-11-9-17(10-12-18)15-16-7-5-4-6-8-16/h4-14H,3,15H2,1-2H3,(H,26,27). The van der Waals surface area contributed by atoms with Crippen molar-refractivity contribution < 1.29 is 18.7 Å². The summed E-state index contributed by atoms with van der Waals surface area (Å²) in [5.41, 5.74) is 3.10. The Kier molecular flexibility index (Phi) is 6.39. The molecule has 0 aliphatic heterocycles. The number of rotatable bonds is 6. The van der Waals surface area contributed by atoms with Gasteiger partial charge in [-0.3, -0.25) is 4.79 Å². The van der Waals surface area contributed by atoms with Crippen LogP contribution in [0.15, 0.2) is 66.7 Å². The summed E-state index contributed by atoms with van der Waals surface area (Å²) < 4.78 is 19.5. The molecule has 0 bridgehead atoms. The molecule has 0 radical (unpaired) electrons. The molecule has 0 unspecified atom stereocenters. The summed E-state index contributed by atoms with van der Waals surface area (Å²) in [7, 11) is 1.25. The molecule has 0 heterocycles. The summed E-state index contributed by atoms with van der Waals surface area (Å²) in [5.74, 6) is -1.64. The highest BCUT2D eigenvalue weighted by atomic mass is 19.1. The van der Waals surface area contributed by atoms with Gasteiger partial charge in [-0.1, -0.05) is 49.4 Å². The highest BCUT2D eigenvalue weighted by molar-refractivity contribution is 6.04. The first-order valence-electron chi connectivity index (χ1n) is 9.37. The molecule has 1 N–H and O–H groups in total. The van der Waals surface area contributed by atoms with Gasteiger partial charge in [0.2, 0.25) is 0 Å². The first-order valence-corrected chi connectivity index (χ1v) is 9.37. The lowest BCUT2D eigenvalue weighted by Gasteiger charge is -2.12. The van der Waals surface area contributed by atoms with Crippen LogP contribution in [0, 0.1) is 5.82 Å². The van der Waals surface area contributed by atoms with Crippen LogP contribution in [0.5, 0.6) is 0 Å². The SMILES string of the molecule is CCc1c(C(=O)OC)ccc(NC(=O)c2ccc(Cc3ccccc3)cc2)c1F. The van der Waals surface area contributed by atoms with E-state index in [4.69, 9.17) is 0 Å². The molecule has 3 rings (SSSR count). The van der Waals surface area contributed by atoms with Crippen molar-refractivity contribution in [2.24, 2.45) is 0 Å². The monoisotopic (exact) mass is 391 g/mol. The molecule has 0 aromatic heterocycles. The predicted octanol–water partition coefficient (Wildman–Crippen LogP) is 5.02. The van der Waals surface area contributed by atoms with E-state index in [1.54, 1.807) is 19.1 Å². The number of halogens is 1. The van der Waals surface area contributed by atoms with Crippen LogP contribution in [-0.2, 0) is 17.6 Å². The van der Waals surface area contributed by atoms with Crippen molar-refractivity contribution in [2.45, 2.75) is 19.8 Å². The fourth-order valence-corrected chi connectivity index (χ4v) is 3.16. The summed E-state index contributed by atoms with van der Waals surface area (Å²) in [6, 6.07) is 20.1. The molecule has 0 fully saturated rings. The summed E-state index contributed by atoms with van der Waals surface area (Å²) >= 11 is 0. The molecule has 0 spiro atoms. The Morgan fingerprint density at radius 1 is 0.931 bits per heavy atom. The molecule has 1 amide bonds. The van der Waals surface area contributed by atoms with Crippen molar-refractivity contribution in [3.8, 4) is 0 Å². The van der Waals surface area contributed by atoms with Crippen molar-refractivity contribution in [2.75, 3.05) is 12.4 Å². The maximum Gasteiger partial charge on any atom is 0.338 e. The first-order chi connectivity index (χ1) is 14.0. The molecule has 0 saturated carbocycles. The van der Waals surface area contributed by atoms with E-state index in [1.165, 1.54) is 24.8 Å². The quantitative estimate of drug-likeness (QED) is 0.601. The number of nitrogens with one attached hydrogen (secondary N) is 1. The number of hydrogen-bond donors (Lipinski definition) is 1. The van der Waals surface area contributed by atoms with E-state index in [9.17, 15) is 14.0 Å². The minimum Gasteiger partial charge on any atom is -0.465 e. The van der Waals surface area contributed by atoms with E-state index < -0.39 is 17.7 Å². The van der Waals surface area contributed by atoms with Crippen LogP contribution >= 0.6 is 0 Å². The fraction of sp³-hybridized carbons (Fsp3) is 0.167. The molecule has 0 aliphatic rings. The highest BCUT2D eigenvalue weighted by Gasteiger charge is 2.19. The van der Waals surface area contributed by atoms with Crippen LogP contribution in [-0.4, -0.2) is 19.0 Å². The smallest absolute Gasteiger partial charge is 0.338 e. The van der Waals surface area contributed by atoms with Gasteiger partial charge in [-0.15, -0.1) is 0 Å². The summed E-state index contributed by atoms with van der Waals surface area (Å²) in [4.78, 5) is 24.3. The first kappa shape index (κ1) is 20.3. The number of amides is 1. The molecule has 0 atom stereocenters. The predicted molar refractivity (Wildman–Crippen MR) is 111 cm³/mol. The van der Waals surface area contributed by atoms with E-state index in [0.29, 0.717) is 12.0 Å². The summed E-state index contributed by atoms with van der Waals surface area (Å²) in [6.07, 6.45) is 1.07. The molecular weight excluding hydrogens is 369 g/mol. The summed E-state index contributed by atoms with van der Waals surface area (Å²) in [5, 5.41) is 2.59. The molecule has 0 saturated heterocycles. The third-order valence-corrected chi connectivity index (χ3v) is 4.72. The number of esters is 1. The van der Waals surface area contributed by atoms with E-state index in [-0.39, 0.29) is 16.8 Å². The zero-order valence-electron chi connectivity index (χ0n) is 16.4. The number of anilines is 1. The van der Waals surface area contributed by atoms with Gasteiger partial charge in [0, 0.05) is 11.1 Å². The van der Waals surface area contributed by atoms with Gasteiger partial charge in [0.1, 0.15) is 0 Å². The van der Waals surface area contributed by atoms with Gasteiger partial charge in [-0.2, -0.15) is 0 Å². The minimum absolute atomic E-state index is 0.0351. The number of carbonyl (C=O) groups excluding carboxylic acids is 2. The van der Waals surface area contributed by atoms with E-state index in [1.807, 2.05) is 42.5 Å². The Morgan fingerprint density at radius 2 is 1.59 bits per heavy atom. The van der Waals surface area contributed by atoms with Crippen LogP contribution in [0.3, 0.4) is 0 Å². The average Bonchev–Trinajstić information content (AvgIpc) is 2.75. The zero-order chi connectivity index (χ0) is 20.8. The number of benzene rings is 3. The van der Waals surface area contributed by atoms with Gasteiger partial charge < -0.3 is 10.1 Å². The number of carbonyl (C=O) groups is 2. The topological polar surface area (TPSA) is 55.4 Å². The van der Waals surface area contributed by atoms with E-state index in [2.05, 4.69) is 10.1 Å². The van der Waals surface area contributed by atoms with Crippen LogP contribution in [0.4, 0.5) is 10.1 Å². The van der Waals surface area contributed by atoms with Crippen LogP contribution in [0.1, 0.15) is 44.3 Å². The Morgan fingerprint density at radius 3 is 2.21 bits per heavy atom. The van der Waals surface area contributed by atoms with Gasteiger partial charge in [0.15, 0.2) is 5.82 Å². The van der Waals surface area contributed by atoms with Gasteiger partial charge in [-0.25, -0.2) is 9.18 Å². The second-order valence-corrected chi connectivity index (χ2v) is 6.61. The van der Waals surface area contributed by atoms with Crippen LogP contribution in [0.2, 0.25) is 0 Å². The average molecular weight is 391 g/mol. The van der Waals surface area contributed by atoms with Crippen molar-refractivity contribution in [1.29, 1.82) is 0 Å². The van der Waals surface area contributed by atoms with Gasteiger partial charge in [0.05, 0.1) is 18.4 Å². The Bertz CT molecular complexity index is 1010. The van der Waals surface area contributed by atoms with Crippen molar-refractivity contribution in [3.63, 3.8) is 0 Å². The Balaban J connectivity index is 1.75. The Labute approximate surface area is 169 Å².